The standard InChI is InChI=1S/C7H9BO3S/c1-6-2-4-7(5-3-6)10-8(9)11-12/h2-5,9,12H,1H3. The van der Waals surface area contributed by atoms with Crippen molar-refractivity contribution in [2.45, 2.75) is 6.92 Å². The molecule has 0 fully saturated rings. The molecule has 0 amide bonds. The zero-order valence-corrected chi connectivity index (χ0v) is 7.49. The lowest BCUT2D eigenvalue weighted by molar-refractivity contribution is 0.320. The third-order valence-electron chi connectivity index (χ3n) is 1.35. The highest BCUT2D eigenvalue weighted by molar-refractivity contribution is 7.76. The second-order valence-corrected chi connectivity index (χ2v) is 2.55. The van der Waals surface area contributed by atoms with Crippen molar-refractivity contribution in [1.82, 2.24) is 0 Å². The molecule has 5 heteroatoms. The number of aryl methyl sites for hydroxylation is 1. The van der Waals surface area contributed by atoms with Crippen LogP contribution in [0.5, 0.6) is 5.75 Å². The Kier molecular flexibility index (Phi) is 3.46. The van der Waals surface area contributed by atoms with Gasteiger partial charge in [0.1, 0.15) is 5.75 Å². The minimum atomic E-state index is -1.32. The zero-order valence-electron chi connectivity index (χ0n) is 6.60. The largest absolute Gasteiger partial charge is 0.721 e. The van der Waals surface area contributed by atoms with Gasteiger partial charge in [0.2, 0.25) is 0 Å². The first-order valence-corrected chi connectivity index (χ1v) is 3.80. The normalized spacial score (nSPS) is 9.58. The highest BCUT2D eigenvalue weighted by atomic mass is 32.1. The van der Waals surface area contributed by atoms with Crippen molar-refractivity contribution >= 4 is 20.2 Å². The van der Waals surface area contributed by atoms with E-state index in [2.05, 4.69) is 17.0 Å². The third kappa shape index (κ3) is 2.77. The summed E-state index contributed by atoms with van der Waals surface area (Å²) < 4.78 is 9.09. The molecule has 64 valence electrons. The molecule has 0 radical (unpaired) electrons. The third-order valence-corrected chi connectivity index (χ3v) is 1.53. The summed E-state index contributed by atoms with van der Waals surface area (Å²) >= 11 is 3.39. The molecule has 0 unspecified atom stereocenters. The van der Waals surface area contributed by atoms with Gasteiger partial charge in [0.15, 0.2) is 0 Å². The first-order chi connectivity index (χ1) is 5.72. The maximum Gasteiger partial charge on any atom is 0.721 e. The number of thiol groups is 1. The maximum atomic E-state index is 8.86. The average molecular weight is 184 g/mol. The second-order valence-electron chi connectivity index (χ2n) is 2.34. The first kappa shape index (κ1) is 9.44. The fraction of sp³-hybridized carbons (Fsp3) is 0.143. The van der Waals surface area contributed by atoms with Crippen LogP contribution in [0.15, 0.2) is 24.3 Å². The van der Waals surface area contributed by atoms with Gasteiger partial charge in [-0.1, -0.05) is 17.7 Å². The number of benzene rings is 1. The van der Waals surface area contributed by atoms with Crippen LogP contribution in [0.1, 0.15) is 5.56 Å². The van der Waals surface area contributed by atoms with Gasteiger partial charge in [-0.05, 0) is 32.0 Å². The van der Waals surface area contributed by atoms with E-state index in [9.17, 15) is 0 Å². The van der Waals surface area contributed by atoms with E-state index in [0.29, 0.717) is 5.75 Å². The molecule has 1 rings (SSSR count). The van der Waals surface area contributed by atoms with Crippen LogP contribution < -0.4 is 4.65 Å². The van der Waals surface area contributed by atoms with Crippen molar-refractivity contribution in [2.75, 3.05) is 0 Å². The molecule has 1 N–H and O–H groups in total. The number of hydrogen-bond acceptors (Lipinski definition) is 4. The molecule has 0 spiro atoms. The lowest BCUT2D eigenvalue weighted by Gasteiger charge is -2.05. The summed E-state index contributed by atoms with van der Waals surface area (Å²) in [5, 5.41) is 8.86. The molecule has 0 aliphatic carbocycles. The van der Waals surface area contributed by atoms with Crippen LogP contribution in [0, 0.1) is 6.92 Å². The highest BCUT2D eigenvalue weighted by Crippen LogP contribution is 2.12. The first-order valence-electron chi connectivity index (χ1n) is 3.44. The SMILES string of the molecule is Cc1ccc(OB(O)OS)cc1. The van der Waals surface area contributed by atoms with E-state index in [-0.39, 0.29) is 0 Å². The Morgan fingerprint density at radius 3 is 2.42 bits per heavy atom. The van der Waals surface area contributed by atoms with Gasteiger partial charge in [-0.15, -0.1) is 0 Å². The van der Waals surface area contributed by atoms with Crippen LogP contribution in [-0.2, 0) is 4.10 Å². The van der Waals surface area contributed by atoms with Gasteiger partial charge in [-0.25, -0.2) is 0 Å². The van der Waals surface area contributed by atoms with E-state index in [1.54, 1.807) is 12.1 Å². The molecule has 1 aromatic carbocycles. The molecule has 3 nitrogen and oxygen atoms in total. The molecule has 1 aromatic rings. The van der Waals surface area contributed by atoms with Gasteiger partial charge in [0.25, 0.3) is 0 Å². The van der Waals surface area contributed by atoms with E-state index in [4.69, 9.17) is 9.68 Å². The Morgan fingerprint density at radius 2 is 1.92 bits per heavy atom. The second kappa shape index (κ2) is 4.40. The Labute approximate surface area is 77.1 Å². The molecule has 0 heterocycles. The Balaban J connectivity index is 2.58. The number of hydrogen-bond donors (Lipinski definition) is 2. The topological polar surface area (TPSA) is 38.7 Å². The van der Waals surface area contributed by atoms with Crippen molar-refractivity contribution in [2.24, 2.45) is 0 Å². The van der Waals surface area contributed by atoms with Crippen molar-refractivity contribution < 1.29 is 13.8 Å². The van der Waals surface area contributed by atoms with Crippen LogP contribution in [-0.4, -0.2) is 12.3 Å². The van der Waals surface area contributed by atoms with E-state index in [1.807, 2.05) is 19.1 Å². The minimum absolute atomic E-state index is 0.544. The van der Waals surface area contributed by atoms with E-state index >= 15 is 0 Å². The van der Waals surface area contributed by atoms with Gasteiger partial charge in [-0.2, -0.15) is 0 Å². The summed E-state index contributed by atoms with van der Waals surface area (Å²) in [5.41, 5.74) is 1.13. The van der Waals surface area contributed by atoms with Crippen molar-refractivity contribution in [3.05, 3.63) is 29.8 Å². The van der Waals surface area contributed by atoms with Crippen LogP contribution in [0.2, 0.25) is 0 Å². The summed E-state index contributed by atoms with van der Waals surface area (Å²) in [4.78, 5) is 0. The van der Waals surface area contributed by atoms with Crippen molar-refractivity contribution in [1.29, 1.82) is 0 Å². The summed E-state index contributed by atoms with van der Waals surface area (Å²) in [6.45, 7) is 1.97. The maximum absolute atomic E-state index is 8.86. The van der Waals surface area contributed by atoms with Crippen LogP contribution in [0.25, 0.3) is 0 Å². The fourth-order valence-corrected chi connectivity index (χ4v) is 0.798. The smallest absolute Gasteiger partial charge is 0.511 e. The van der Waals surface area contributed by atoms with Gasteiger partial charge in [0.05, 0.1) is 0 Å². The summed E-state index contributed by atoms with van der Waals surface area (Å²) in [7, 11) is -1.32. The summed E-state index contributed by atoms with van der Waals surface area (Å²) in [5.74, 6) is 0.544. The van der Waals surface area contributed by atoms with Crippen LogP contribution in [0.4, 0.5) is 0 Å². The van der Waals surface area contributed by atoms with Crippen LogP contribution >= 0.6 is 12.9 Å². The molecular weight excluding hydrogens is 175 g/mol. The molecular formula is C7H9BO3S. The Bertz CT molecular complexity index is 239. The van der Waals surface area contributed by atoms with Crippen LogP contribution in [0.3, 0.4) is 0 Å². The van der Waals surface area contributed by atoms with Crippen molar-refractivity contribution in [3.8, 4) is 5.75 Å². The predicted octanol–water partition coefficient (Wildman–Crippen LogP) is 1.21. The predicted molar refractivity (Wildman–Crippen MR) is 49.9 cm³/mol. The van der Waals surface area contributed by atoms with E-state index < -0.39 is 7.32 Å². The lowest BCUT2D eigenvalue weighted by atomic mass is 10.2. The molecule has 0 aliphatic rings. The molecule has 0 aromatic heterocycles. The van der Waals surface area contributed by atoms with E-state index in [0.717, 1.165) is 5.56 Å². The van der Waals surface area contributed by atoms with Gasteiger partial charge < -0.3 is 13.8 Å². The molecule has 12 heavy (non-hydrogen) atoms. The molecule has 0 aliphatic heterocycles. The Morgan fingerprint density at radius 1 is 1.33 bits per heavy atom. The summed E-state index contributed by atoms with van der Waals surface area (Å²) in [6, 6.07) is 7.23. The molecule has 0 atom stereocenters. The average Bonchev–Trinajstić information content (AvgIpc) is 2.09. The quantitative estimate of drug-likeness (QED) is 0.421. The Hall–Kier alpha value is -0.645. The van der Waals surface area contributed by atoms with Gasteiger partial charge in [-0.3, -0.25) is 0 Å². The number of rotatable bonds is 3. The zero-order chi connectivity index (χ0) is 8.97. The fourth-order valence-electron chi connectivity index (χ4n) is 0.755. The molecule has 0 saturated carbocycles. The monoisotopic (exact) mass is 184 g/mol. The lowest BCUT2D eigenvalue weighted by Crippen LogP contribution is -2.21. The highest BCUT2D eigenvalue weighted by Gasteiger charge is 2.15. The van der Waals surface area contributed by atoms with Crippen molar-refractivity contribution in [3.63, 3.8) is 0 Å². The molecule has 0 bridgehead atoms. The van der Waals surface area contributed by atoms with Gasteiger partial charge in [0, 0.05) is 0 Å². The summed E-state index contributed by atoms with van der Waals surface area (Å²) in [6.07, 6.45) is 0. The van der Waals surface area contributed by atoms with E-state index in [1.165, 1.54) is 0 Å². The minimum Gasteiger partial charge on any atom is -0.511 e. The van der Waals surface area contributed by atoms with Gasteiger partial charge >= 0.3 is 7.32 Å². The molecule has 0 saturated heterocycles.